The lowest BCUT2D eigenvalue weighted by molar-refractivity contribution is -0.396. The Morgan fingerprint density at radius 1 is 0.600 bits per heavy atom. The molecular weight excluding hydrogens is 898 g/mol. The fourth-order valence-corrected chi connectivity index (χ4v) is 8.13. The van der Waals surface area contributed by atoms with E-state index in [1.54, 1.807) is 0 Å². The number of carbonyl (C=O) groups excluding carboxylic acids is 1. The van der Waals surface area contributed by atoms with Gasteiger partial charge in [-0.05, 0) is 0 Å². The first-order valence-corrected chi connectivity index (χ1v) is 20.2. The van der Waals surface area contributed by atoms with Crippen LogP contribution in [0.5, 0.6) is 0 Å². The molecule has 0 unspecified atom stereocenters. The number of rotatable bonds is 17. The summed E-state index contributed by atoms with van der Waals surface area (Å²) in [6, 6.07) is -1.63. The summed E-state index contributed by atoms with van der Waals surface area (Å²) in [7, 11) is 0. The molecule has 0 aromatic heterocycles. The fourth-order valence-electron chi connectivity index (χ4n) is 8.13. The van der Waals surface area contributed by atoms with Gasteiger partial charge in [-0.15, -0.1) is 0 Å². The molecule has 26 atom stereocenters. The quantitative estimate of drug-likeness (QED) is 0.0643. The maximum Gasteiger partial charge on any atom is 0.364 e. The number of carboxylic acids is 1. The van der Waals surface area contributed by atoms with Gasteiger partial charge in [-0.3, -0.25) is 4.79 Å². The third kappa shape index (κ3) is 11.2. The highest BCUT2D eigenvalue weighted by Gasteiger charge is 2.61. The van der Waals surface area contributed by atoms with Crippen molar-refractivity contribution in [2.45, 2.75) is 172 Å². The number of ether oxygens (including phenoxy) is 9. The van der Waals surface area contributed by atoms with E-state index in [0.29, 0.717) is 0 Å². The molecule has 0 spiro atoms. The number of nitrogens with one attached hydrogen (secondary N) is 1. The Labute approximate surface area is 366 Å². The molecule has 0 aromatic rings. The number of hydrogen-bond acceptors (Lipinski definition) is 28. The van der Waals surface area contributed by atoms with Crippen LogP contribution in [0, 0.1) is 0 Å². The summed E-state index contributed by atoms with van der Waals surface area (Å²) < 4.78 is 49.6. The highest BCUT2D eigenvalue weighted by atomic mass is 16.8. The van der Waals surface area contributed by atoms with Gasteiger partial charge in [0.1, 0.15) is 116 Å². The minimum atomic E-state index is -3.15. The van der Waals surface area contributed by atoms with Crippen LogP contribution in [0.1, 0.15) is 13.3 Å². The van der Waals surface area contributed by atoms with E-state index in [1.807, 2.05) is 0 Å². The zero-order valence-corrected chi connectivity index (χ0v) is 34.2. The average Bonchev–Trinajstić information content (AvgIpc) is 3.27. The van der Waals surface area contributed by atoms with Gasteiger partial charge in [-0.2, -0.15) is 0 Å². The maximum atomic E-state index is 12.8. The zero-order chi connectivity index (χ0) is 48.4. The monoisotopic (exact) mass is 957 g/mol. The van der Waals surface area contributed by atoms with Crippen LogP contribution < -0.4 is 5.32 Å². The van der Waals surface area contributed by atoms with Crippen LogP contribution in [0.4, 0.5) is 0 Å². The molecule has 5 saturated heterocycles. The molecular formula is C35H59NO29. The summed E-state index contributed by atoms with van der Waals surface area (Å²) in [6.45, 7) is -4.17. The summed E-state index contributed by atoms with van der Waals surface area (Å²) in [6.07, 6.45) is -49.4. The topological polar surface area (TPSA) is 493 Å². The van der Waals surface area contributed by atoms with Gasteiger partial charge in [0.2, 0.25) is 5.91 Å². The van der Waals surface area contributed by atoms with Crippen molar-refractivity contribution in [2.75, 3.05) is 33.0 Å². The Hall–Kier alpha value is -2.10. The summed E-state index contributed by atoms with van der Waals surface area (Å²) in [5.41, 5.74) is 0. The number of aliphatic carboxylic acids is 1. The number of carbonyl (C=O) groups is 2. The molecule has 0 aliphatic carbocycles. The minimum Gasteiger partial charge on any atom is -0.477 e. The van der Waals surface area contributed by atoms with Crippen LogP contribution in [-0.2, 0) is 52.2 Å². The summed E-state index contributed by atoms with van der Waals surface area (Å²) in [5, 5.41) is 192. The van der Waals surface area contributed by atoms with Gasteiger partial charge < -0.3 is 140 Å². The van der Waals surface area contributed by atoms with Gasteiger partial charge in [-0.25, -0.2) is 4.79 Å². The Bertz CT molecular complexity index is 1530. The van der Waals surface area contributed by atoms with Crippen molar-refractivity contribution in [3.63, 3.8) is 0 Å². The molecule has 1 amide bonds. The highest BCUT2D eigenvalue weighted by molar-refractivity contribution is 5.76. The molecule has 65 heavy (non-hydrogen) atoms. The van der Waals surface area contributed by atoms with E-state index in [0.717, 1.165) is 6.92 Å². The van der Waals surface area contributed by atoms with Gasteiger partial charge in [0.05, 0.1) is 45.2 Å². The average molecular weight is 958 g/mol. The maximum absolute atomic E-state index is 12.8. The molecule has 0 aromatic carbocycles. The second-order valence-corrected chi connectivity index (χ2v) is 16.1. The van der Waals surface area contributed by atoms with Gasteiger partial charge in [0.25, 0.3) is 5.79 Å². The molecule has 5 fully saturated rings. The molecule has 30 heteroatoms. The van der Waals surface area contributed by atoms with E-state index in [4.69, 9.17) is 42.6 Å². The molecule has 5 rings (SSSR count). The fraction of sp³-hybridized carbons (Fsp3) is 0.943. The molecule has 0 radical (unpaired) electrons. The lowest BCUT2D eigenvalue weighted by atomic mass is 9.88. The Morgan fingerprint density at radius 2 is 1.05 bits per heavy atom. The smallest absolute Gasteiger partial charge is 0.364 e. The van der Waals surface area contributed by atoms with E-state index in [2.05, 4.69) is 5.32 Å². The molecule has 19 N–H and O–H groups in total. The Kier molecular flexibility index (Phi) is 18.7. The number of aliphatic hydroxyl groups excluding tert-OH is 17. The standard InChI is InChI=1S/C35H59NO29/c1-8(42)36-15-9(43)2-35(34(55)56,64-27(15)16(45)10(44)3-37)65-29-18(47)12(5-39)59-33(24(29)53)62-26-14(7-41)60-31(22(51)20(26)49)63-28-17(46)11(4-38)58-32(23(28)52)61-25-13(6-40)57-30(54)21(50)19(25)48/h9-33,37-41,43-54H,2-7H2,1H3,(H,36,42)(H,55,56)/t9-,10+,11+,12+,13+,14+,15+,16+,17-,18-,19+,20+,21+,22+,23+,24+,25+,26+,27+,28-,29-,30+,31-,32-,33-,35-/m0/s1. The first kappa shape index (κ1) is 53.8. The van der Waals surface area contributed by atoms with E-state index < -0.39 is 210 Å². The molecule has 5 aliphatic rings. The largest absolute Gasteiger partial charge is 0.477 e. The van der Waals surface area contributed by atoms with Crippen LogP contribution in [0.3, 0.4) is 0 Å². The summed E-state index contributed by atoms with van der Waals surface area (Å²) in [5.74, 6) is -6.02. The van der Waals surface area contributed by atoms with Crippen molar-refractivity contribution in [1.29, 1.82) is 0 Å². The van der Waals surface area contributed by atoms with Crippen LogP contribution in [0.2, 0.25) is 0 Å². The second kappa shape index (κ2) is 22.5. The predicted molar refractivity (Wildman–Crippen MR) is 195 cm³/mol. The van der Waals surface area contributed by atoms with Gasteiger partial charge >= 0.3 is 5.97 Å². The zero-order valence-electron chi connectivity index (χ0n) is 34.2. The van der Waals surface area contributed by atoms with E-state index >= 15 is 0 Å². The van der Waals surface area contributed by atoms with Crippen molar-refractivity contribution in [1.82, 2.24) is 5.32 Å². The van der Waals surface area contributed by atoms with E-state index in [9.17, 15) is 102 Å². The molecule has 378 valence electrons. The highest BCUT2D eigenvalue weighted by Crippen LogP contribution is 2.39. The van der Waals surface area contributed by atoms with Gasteiger partial charge in [0, 0.05) is 13.3 Å². The molecule has 5 heterocycles. The second-order valence-electron chi connectivity index (χ2n) is 16.1. The minimum absolute atomic E-state index is 0.807. The van der Waals surface area contributed by atoms with Crippen molar-refractivity contribution >= 4 is 11.9 Å². The SMILES string of the molecule is CC(=O)N[C@H]1[C@H]([C@H](O)[C@H](O)CO)O[C@@](O[C@H]2[C@@H](O)[C@@H](CO)O[C@@H](O[C@H]3[C@H](O)[C@@H](O)[C@H](O[C@H]4[C@@H](O)[C@@H](CO)O[C@@H](O[C@H]5[C@H](O)[C@@H](O)[C@H](O)O[C@@H]5CO)[C@@H]4O)O[C@@H]3CO)[C@@H]2O)(C(=O)O)C[C@@H]1O. The molecule has 0 bridgehead atoms. The first-order chi connectivity index (χ1) is 30.6. The normalized spacial score (nSPS) is 48.3. The van der Waals surface area contributed by atoms with Crippen LogP contribution in [-0.4, -0.2) is 296 Å². The van der Waals surface area contributed by atoms with Crippen LogP contribution >= 0.6 is 0 Å². The van der Waals surface area contributed by atoms with Crippen molar-refractivity contribution < 1.29 is 144 Å². The number of hydrogen-bond donors (Lipinski definition) is 19. The van der Waals surface area contributed by atoms with E-state index in [-0.39, 0.29) is 0 Å². The van der Waals surface area contributed by atoms with Gasteiger partial charge in [0.15, 0.2) is 25.2 Å². The molecule has 5 aliphatic heterocycles. The van der Waals surface area contributed by atoms with Gasteiger partial charge in [-0.1, -0.05) is 0 Å². The van der Waals surface area contributed by atoms with Crippen LogP contribution in [0.15, 0.2) is 0 Å². The lowest BCUT2D eigenvalue weighted by Crippen LogP contribution is -2.71. The number of carboxylic acid groups (broad SMARTS) is 1. The molecule has 30 nitrogen and oxygen atoms in total. The predicted octanol–water partition coefficient (Wildman–Crippen LogP) is -12.6. The Morgan fingerprint density at radius 3 is 1.54 bits per heavy atom. The van der Waals surface area contributed by atoms with Crippen molar-refractivity contribution in [2.24, 2.45) is 0 Å². The number of amides is 1. The number of aliphatic hydroxyl groups is 17. The third-order valence-electron chi connectivity index (χ3n) is 11.7. The third-order valence-corrected chi connectivity index (χ3v) is 11.7. The molecule has 0 saturated carbocycles. The van der Waals surface area contributed by atoms with Crippen molar-refractivity contribution in [3.05, 3.63) is 0 Å². The summed E-state index contributed by atoms with van der Waals surface area (Å²) in [4.78, 5) is 24.8. The Balaban J connectivity index is 1.34. The first-order valence-electron chi connectivity index (χ1n) is 20.2. The lowest BCUT2D eigenvalue weighted by Gasteiger charge is -2.51. The van der Waals surface area contributed by atoms with Crippen LogP contribution in [0.25, 0.3) is 0 Å². The van der Waals surface area contributed by atoms with E-state index in [1.165, 1.54) is 0 Å². The van der Waals surface area contributed by atoms with Crippen molar-refractivity contribution in [3.8, 4) is 0 Å². The summed E-state index contributed by atoms with van der Waals surface area (Å²) >= 11 is 0.